The van der Waals surface area contributed by atoms with Crippen LogP contribution in [0.4, 0.5) is 0 Å². The van der Waals surface area contributed by atoms with Crippen molar-refractivity contribution in [1.29, 1.82) is 0 Å². The number of rotatable bonds is 4. The predicted molar refractivity (Wildman–Crippen MR) is 99.7 cm³/mol. The fraction of sp³-hybridized carbons (Fsp3) is 0.550. The highest BCUT2D eigenvalue weighted by atomic mass is 16.3. The molecule has 1 saturated heterocycles. The third-order valence-corrected chi connectivity index (χ3v) is 5.19. The van der Waals surface area contributed by atoms with Crippen LogP contribution in [0.5, 0.6) is 0 Å². The number of aryl methyl sites for hydroxylation is 2. The van der Waals surface area contributed by atoms with Gasteiger partial charge in [-0.05, 0) is 51.7 Å². The van der Waals surface area contributed by atoms with Gasteiger partial charge in [-0.2, -0.15) is 0 Å². The molecule has 6 heteroatoms. The van der Waals surface area contributed by atoms with Gasteiger partial charge in [-0.25, -0.2) is 4.68 Å². The molecule has 0 radical (unpaired) electrons. The summed E-state index contributed by atoms with van der Waals surface area (Å²) in [4.78, 5) is 14.6. The van der Waals surface area contributed by atoms with Crippen molar-refractivity contribution >= 4 is 5.91 Å². The summed E-state index contributed by atoms with van der Waals surface area (Å²) in [5.74, 6) is 0.0491. The molecule has 1 amide bonds. The first-order chi connectivity index (χ1) is 12.3. The van der Waals surface area contributed by atoms with E-state index in [0.29, 0.717) is 25.1 Å². The molecule has 1 aromatic heterocycles. The maximum absolute atomic E-state index is 12.8. The van der Waals surface area contributed by atoms with Gasteiger partial charge in [0.15, 0.2) is 0 Å². The molecule has 1 aromatic carbocycles. The number of carbonyl (C=O) groups excluding carboxylic acids is 1. The van der Waals surface area contributed by atoms with E-state index in [-0.39, 0.29) is 18.5 Å². The van der Waals surface area contributed by atoms with Crippen molar-refractivity contribution in [3.05, 3.63) is 46.8 Å². The monoisotopic (exact) mass is 356 g/mol. The summed E-state index contributed by atoms with van der Waals surface area (Å²) < 4.78 is 1.74. The molecule has 1 unspecified atom stereocenters. The van der Waals surface area contributed by atoms with Gasteiger partial charge in [0.25, 0.3) is 0 Å². The Morgan fingerprint density at radius 2 is 2.12 bits per heavy atom. The van der Waals surface area contributed by atoms with Gasteiger partial charge in [-0.3, -0.25) is 4.79 Å². The molecule has 1 N–H and O–H groups in total. The normalized spacial score (nSPS) is 20.6. The van der Waals surface area contributed by atoms with E-state index in [0.717, 1.165) is 23.1 Å². The second-order valence-electron chi connectivity index (χ2n) is 7.73. The number of aliphatic hydroxyl groups is 1. The summed E-state index contributed by atoms with van der Waals surface area (Å²) in [6.45, 7) is 9.04. The lowest BCUT2D eigenvalue weighted by atomic mass is 9.89. The minimum Gasteiger partial charge on any atom is -0.382 e. The zero-order valence-corrected chi connectivity index (χ0v) is 16.1. The van der Waals surface area contributed by atoms with Gasteiger partial charge in [0.05, 0.1) is 19.2 Å². The molecule has 1 aliphatic heterocycles. The van der Waals surface area contributed by atoms with Crippen LogP contribution in [0.25, 0.3) is 0 Å². The first kappa shape index (κ1) is 18.6. The van der Waals surface area contributed by atoms with E-state index in [1.54, 1.807) is 15.8 Å². The molecule has 2 aromatic rings. The summed E-state index contributed by atoms with van der Waals surface area (Å²) in [6, 6.07) is 6.36. The second-order valence-corrected chi connectivity index (χ2v) is 7.73. The molecule has 1 aliphatic rings. The highest BCUT2D eigenvalue weighted by molar-refractivity contribution is 5.79. The van der Waals surface area contributed by atoms with Crippen molar-refractivity contribution in [3.8, 4) is 0 Å². The number of benzene rings is 1. The predicted octanol–water partition coefficient (Wildman–Crippen LogP) is 2.53. The summed E-state index contributed by atoms with van der Waals surface area (Å²) >= 11 is 0. The van der Waals surface area contributed by atoms with E-state index in [9.17, 15) is 9.90 Å². The van der Waals surface area contributed by atoms with Gasteiger partial charge in [0.1, 0.15) is 11.3 Å². The average molecular weight is 356 g/mol. The molecular formula is C20H28N4O2. The van der Waals surface area contributed by atoms with E-state index in [2.05, 4.69) is 28.5 Å². The molecule has 3 rings (SSSR count). The Labute approximate surface area is 154 Å². The quantitative estimate of drug-likeness (QED) is 0.914. The van der Waals surface area contributed by atoms with Gasteiger partial charge in [-0.1, -0.05) is 29.0 Å². The standard InChI is InChI=1S/C20H28N4O2/c1-14(2)24-12-18(21-22-24)20(26)8-5-9-23(13-20)19(25)11-17-10-15(3)6-7-16(17)4/h6-7,10,12,14,26H,5,8-9,11,13H2,1-4H3. The minimum atomic E-state index is -1.12. The third-order valence-electron chi connectivity index (χ3n) is 5.19. The number of carbonyl (C=O) groups is 1. The van der Waals surface area contributed by atoms with E-state index in [1.807, 2.05) is 27.7 Å². The van der Waals surface area contributed by atoms with Crippen molar-refractivity contribution in [2.24, 2.45) is 0 Å². The molecule has 2 heterocycles. The van der Waals surface area contributed by atoms with Gasteiger partial charge in [0.2, 0.25) is 5.91 Å². The molecule has 0 bridgehead atoms. The maximum atomic E-state index is 12.8. The lowest BCUT2D eigenvalue weighted by Gasteiger charge is -2.38. The number of hydrogen-bond donors (Lipinski definition) is 1. The van der Waals surface area contributed by atoms with Crippen molar-refractivity contribution in [2.45, 2.75) is 58.6 Å². The van der Waals surface area contributed by atoms with Crippen LogP contribution in [0.3, 0.4) is 0 Å². The zero-order valence-electron chi connectivity index (χ0n) is 16.1. The topological polar surface area (TPSA) is 71.2 Å². The van der Waals surface area contributed by atoms with Gasteiger partial charge >= 0.3 is 0 Å². The zero-order chi connectivity index (χ0) is 18.9. The molecule has 0 saturated carbocycles. The van der Waals surface area contributed by atoms with Crippen LogP contribution in [-0.2, 0) is 16.8 Å². The smallest absolute Gasteiger partial charge is 0.227 e. The molecule has 140 valence electrons. The molecule has 0 aliphatic carbocycles. The second kappa shape index (κ2) is 7.19. The van der Waals surface area contributed by atoms with Gasteiger partial charge in [0, 0.05) is 12.6 Å². The Bertz CT molecular complexity index is 799. The number of nitrogens with zero attached hydrogens (tertiary/aromatic N) is 4. The number of piperidine rings is 1. The number of aromatic nitrogens is 3. The molecular weight excluding hydrogens is 328 g/mol. The number of hydrogen-bond acceptors (Lipinski definition) is 4. The SMILES string of the molecule is Cc1ccc(C)c(CC(=O)N2CCCC(O)(c3cn(C(C)C)nn3)C2)c1. The Hall–Kier alpha value is -2.21. The number of β-amino-alcohol motifs (C(OH)–C–C–N with tert-alkyl or cyclic N) is 1. The largest absolute Gasteiger partial charge is 0.382 e. The Morgan fingerprint density at radius 3 is 2.81 bits per heavy atom. The van der Waals surface area contributed by atoms with Crippen LogP contribution >= 0.6 is 0 Å². The Kier molecular flexibility index (Phi) is 5.14. The summed E-state index contributed by atoms with van der Waals surface area (Å²) in [5.41, 5.74) is 2.75. The highest BCUT2D eigenvalue weighted by Crippen LogP contribution is 2.31. The lowest BCUT2D eigenvalue weighted by Crippen LogP contribution is -2.49. The summed E-state index contributed by atoms with van der Waals surface area (Å²) in [7, 11) is 0. The van der Waals surface area contributed by atoms with E-state index in [4.69, 9.17) is 0 Å². The maximum Gasteiger partial charge on any atom is 0.227 e. The van der Waals surface area contributed by atoms with Crippen molar-refractivity contribution in [3.63, 3.8) is 0 Å². The van der Waals surface area contributed by atoms with Crippen LogP contribution in [0.2, 0.25) is 0 Å². The molecule has 1 fully saturated rings. The fourth-order valence-corrected chi connectivity index (χ4v) is 3.47. The minimum absolute atomic E-state index is 0.0491. The van der Waals surface area contributed by atoms with Crippen LogP contribution in [0.15, 0.2) is 24.4 Å². The Morgan fingerprint density at radius 1 is 1.35 bits per heavy atom. The molecule has 0 spiro atoms. The summed E-state index contributed by atoms with van der Waals surface area (Å²) in [6.07, 6.45) is 3.51. The van der Waals surface area contributed by atoms with Crippen molar-refractivity contribution in [2.75, 3.05) is 13.1 Å². The Balaban J connectivity index is 1.74. The molecule has 6 nitrogen and oxygen atoms in total. The lowest BCUT2D eigenvalue weighted by molar-refractivity contribution is -0.138. The first-order valence-electron chi connectivity index (χ1n) is 9.27. The first-order valence-corrected chi connectivity index (χ1v) is 9.27. The molecule has 1 atom stereocenters. The van der Waals surface area contributed by atoms with Crippen LogP contribution in [-0.4, -0.2) is 44.0 Å². The third kappa shape index (κ3) is 3.80. The summed E-state index contributed by atoms with van der Waals surface area (Å²) in [5, 5.41) is 19.4. The van der Waals surface area contributed by atoms with E-state index < -0.39 is 5.60 Å². The van der Waals surface area contributed by atoms with Crippen LogP contribution in [0.1, 0.15) is 55.1 Å². The number of amides is 1. The van der Waals surface area contributed by atoms with Crippen LogP contribution < -0.4 is 0 Å². The number of likely N-dealkylation sites (tertiary alicyclic amines) is 1. The van der Waals surface area contributed by atoms with E-state index >= 15 is 0 Å². The van der Waals surface area contributed by atoms with Gasteiger partial charge < -0.3 is 10.0 Å². The van der Waals surface area contributed by atoms with Crippen molar-refractivity contribution < 1.29 is 9.90 Å². The molecule has 26 heavy (non-hydrogen) atoms. The fourth-order valence-electron chi connectivity index (χ4n) is 3.47. The van der Waals surface area contributed by atoms with Crippen LogP contribution in [0, 0.1) is 13.8 Å². The highest BCUT2D eigenvalue weighted by Gasteiger charge is 2.39. The van der Waals surface area contributed by atoms with Gasteiger partial charge in [-0.15, -0.1) is 5.10 Å². The van der Waals surface area contributed by atoms with Crippen molar-refractivity contribution in [1.82, 2.24) is 19.9 Å². The van der Waals surface area contributed by atoms with E-state index in [1.165, 1.54) is 0 Å². The average Bonchev–Trinajstić information content (AvgIpc) is 3.09.